The number of carbonyl (C=O) groups excluding carboxylic acids is 1. The summed E-state index contributed by atoms with van der Waals surface area (Å²) in [5, 5.41) is 0. The van der Waals surface area contributed by atoms with E-state index in [-0.39, 0.29) is 18.2 Å². The van der Waals surface area contributed by atoms with Crippen molar-refractivity contribution in [1.29, 1.82) is 0 Å². The molecule has 2 heterocycles. The van der Waals surface area contributed by atoms with Crippen LogP contribution in [0.1, 0.15) is 29.7 Å². The van der Waals surface area contributed by atoms with E-state index >= 15 is 0 Å². The summed E-state index contributed by atoms with van der Waals surface area (Å²) in [6.45, 7) is 6.56. The molecule has 1 fully saturated rings. The van der Waals surface area contributed by atoms with Crippen molar-refractivity contribution in [1.82, 2.24) is 4.90 Å². The molecule has 2 aliphatic heterocycles. The molecule has 2 aliphatic rings. The quantitative estimate of drug-likeness (QED) is 0.395. The van der Waals surface area contributed by atoms with Gasteiger partial charge in [0.25, 0.3) is 0 Å². The van der Waals surface area contributed by atoms with Crippen LogP contribution in [-0.2, 0) is 14.3 Å². The molecule has 0 radical (unpaired) electrons. The van der Waals surface area contributed by atoms with Crippen LogP contribution in [0.15, 0.2) is 108 Å². The molecule has 0 N–H and O–H groups in total. The van der Waals surface area contributed by atoms with Gasteiger partial charge in [0.15, 0.2) is 12.3 Å². The Morgan fingerprint density at radius 3 is 2.06 bits per heavy atom. The number of benzene rings is 3. The van der Waals surface area contributed by atoms with Crippen molar-refractivity contribution in [2.45, 2.75) is 31.3 Å². The lowest BCUT2D eigenvalue weighted by molar-refractivity contribution is -0.163. The Morgan fingerprint density at radius 2 is 1.52 bits per heavy atom. The summed E-state index contributed by atoms with van der Waals surface area (Å²) >= 11 is 0. The number of aliphatic imine (C=N–C) groups is 1. The maximum absolute atomic E-state index is 13.5. The first-order valence-corrected chi connectivity index (χ1v) is 11.1. The summed E-state index contributed by atoms with van der Waals surface area (Å²) in [5.74, 6) is 0.281. The Labute approximate surface area is 194 Å². The molecule has 33 heavy (non-hydrogen) atoms. The highest BCUT2D eigenvalue weighted by Crippen LogP contribution is 2.35. The maximum atomic E-state index is 13.5. The van der Waals surface area contributed by atoms with Gasteiger partial charge in [0.2, 0.25) is 5.90 Å². The van der Waals surface area contributed by atoms with Gasteiger partial charge in [-0.25, -0.2) is 14.7 Å². The molecule has 5 rings (SSSR count). The first-order chi connectivity index (χ1) is 16.1. The van der Waals surface area contributed by atoms with Crippen molar-refractivity contribution < 1.29 is 14.3 Å². The normalized spacial score (nSPS) is 20.2. The van der Waals surface area contributed by atoms with Gasteiger partial charge in [0.1, 0.15) is 12.1 Å². The summed E-state index contributed by atoms with van der Waals surface area (Å²) < 4.78 is 12.3. The van der Waals surface area contributed by atoms with Gasteiger partial charge in [0.05, 0.1) is 0 Å². The molecule has 3 aromatic rings. The van der Waals surface area contributed by atoms with Crippen LogP contribution in [0.5, 0.6) is 0 Å². The third kappa shape index (κ3) is 4.20. The summed E-state index contributed by atoms with van der Waals surface area (Å²) in [7, 11) is 0. The van der Waals surface area contributed by atoms with E-state index in [2.05, 4.69) is 6.58 Å². The number of hydrogen-bond acceptors (Lipinski definition) is 5. The lowest BCUT2D eigenvalue weighted by Crippen LogP contribution is -2.64. The van der Waals surface area contributed by atoms with Gasteiger partial charge in [-0.2, -0.15) is 0 Å². The van der Waals surface area contributed by atoms with Crippen LogP contribution in [0.25, 0.3) is 0 Å². The van der Waals surface area contributed by atoms with E-state index in [1.54, 1.807) is 0 Å². The SMILES string of the molecule is C=C(C)C(C(=O)OC(c1ccccc1)c1ccccc1)N1C[C@@H]2N=C(c3ccccc3)O[C@@H]21. The molecule has 0 aliphatic carbocycles. The number of likely N-dealkylation sites (tertiary alicyclic amines) is 1. The molecular formula is C28H26N2O3. The Morgan fingerprint density at radius 1 is 0.970 bits per heavy atom. The minimum atomic E-state index is -0.605. The predicted molar refractivity (Wildman–Crippen MR) is 128 cm³/mol. The van der Waals surface area contributed by atoms with E-state index in [4.69, 9.17) is 14.5 Å². The molecule has 0 bridgehead atoms. The molecule has 0 amide bonds. The van der Waals surface area contributed by atoms with Crippen LogP contribution in [0, 0.1) is 0 Å². The van der Waals surface area contributed by atoms with E-state index in [1.807, 2.05) is 103 Å². The topological polar surface area (TPSA) is 51.1 Å². The van der Waals surface area contributed by atoms with Gasteiger partial charge >= 0.3 is 5.97 Å². The Bertz CT molecular complexity index is 1120. The molecule has 1 saturated heterocycles. The molecule has 1 unspecified atom stereocenters. The van der Waals surface area contributed by atoms with Crippen molar-refractivity contribution in [2.24, 2.45) is 4.99 Å². The first-order valence-electron chi connectivity index (χ1n) is 11.1. The third-order valence-electron chi connectivity index (χ3n) is 6.05. The molecule has 0 saturated carbocycles. The van der Waals surface area contributed by atoms with Crippen LogP contribution in [-0.4, -0.2) is 41.6 Å². The summed E-state index contributed by atoms with van der Waals surface area (Å²) in [5.41, 5.74) is 3.50. The van der Waals surface area contributed by atoms with E-state index < -0.39 is 12.1 Å². The molecule has 3 aromatic carbocycles. The number of carbonyl (C=O) groups is 1. The predicted octanol–water partition coefficient (Wildman–Crippen LogP) is 4.75. The molecule has 5 nitrogen and oxygen atoms in total. The fraction of sp³-hybridized carbons (Fsp3) is 0.214. The Balaban J connectivity index is 1.35. The standard InChI is InChI=1S/C28H26N2O3/c1-19(2)24(30-18-23-27(30)33-26(29-23)22-16-10-5-11-17-22)28(31)32-25(20-12-6-3-7-13-20)21-14-8-4-9-15-21/h3-17,23-25,27H,1,18H2,2H3/t23-,24?,27-/m0/s1. The van der Waals surface area contributed by atoms with Gasteiger partial charge in [-0.1, -0.05) is 91.0 Å². The van der Waals surface area contributed by atoms with Crippen LogP contribution >= 0.6 is 0 Å². The van der Waals surface area contributed by atoms with Gasteiger partial charge in [-0.05, 0) is 30.2 Å². The van der Waals surface area contributed by atoms with Gasteiger partial charge in [-0.15, -0.1) is 0 Å². The number of esters is 1. The minimum absolute atomic E-state index is 0.00824. The second-order valence-corrected chi connectivity index (χ2v) is 8.46. The zero-order chi connectivity index (χ0) is 22.8. The van der Waals surface area contributed by atoms with Crippen molar-refractivity contribution >= 4 is 11.9 Å². The number of nitrogens with zero attached hydrogens (tertiary/aromatic N) is 2. The maximum Gasteiger partial charge on any atom is 0.328 e. The first kappa shape index (κ1) is 21.2. The van der Waals surface area contributed by atoms with Crippen LogP contribution < -0.4 is 0 Å². The Hall–Kier alpha value is -3.70. The van der Waals surface area contributed by atoms with E-state index in [0.29, 0.717) is 12.4 Å². The molecule has 5 heteroatoms. The highest BCUT2D eigenvalue weighted by Gasteiger charge is 2.51. The summed E-state index contributed by atoms with van der Waals surface area (Å²) in [6.07, 6.45) is -0.791. The van der Waals surface area contributed by atoms with Crippen molar-refractivity contribution in [3.63, 3.8) is 0 Å². The largest absolute Gasteiger partial charge is 0.456 e. The third-order valence-corrected chi connectivity index (χ3v) is 6.05. The van der Waals surface area contributed by atoms with E-state index in [0.717, 1.165) is 22.3 Å². The zero-order valence-corrected chi connectivity index (χ0v) is 18.5. The lowest BCUT2D eigenvalue weighted by Gasteiger charge is -2.45. The smallest absolute Gasteiger partial charge is 0.328 e. The average Bonchev–Trinajstić information content (AvgIpc) is 3.18. The van der Waals surface area contributed by atoms with Gasteiger partial charge < -0.3 is 9.47 Å². The number of ether oxygens (including phenoxy) is 2. The van der Waals surface area contributed by atoms with Gasteiger partial charge in [-0.3, -0.25) is 0 Å². The van der Waals surface area contributed by atoms with Gasteiger partial charge in [0, 0.05) is 12.1 Å². The second kappa shape index (κ2) is 9.04. The highest BCUT2D eigenvalue weighted by molar-refractivity contribution is 5.95. The summed E-state index contributed by atoms with van der Waals surface area (Å²) in [4.78, 5) is 20.2. The minimum Gasteiger partial charge on any atom is -0.456 e. The molecule has 0 aromatic heterocycles. The van der Waals surface area contributed by atoms with Crippen LogP contribution in [0.4, 0.5) is 0 Å². The average molecular weight is 439 g/mol. The fourth-order valence-electron chi connectivity index (χ4n) is 4.40. The fourth-order valence-corrected chi connectivity index (χ4v) is 4.40. The van der Waals surface area contributed by atoms with Crippen LogP contribution in [0.3, 0.4) is 0 Å². The Kier molecular flexibility index (Phi) is 5.80. The number of hydrogen-bond donors (Lipinski definition) is 0. The number of rotatable bonds is 7. The van der Waals surface area contributed by atoms with Crippen molar-refractivity contribution in [3.05, 3.63) is 120 Å². The lowest BCUT2D eigenvalue weighted by atomic mass is 9.98. The van der Waals surface area contributed by atoms with Crippen LogP contribution in [0.2, 0.25) is 0 Å². The monoisotopic (exact) mass is 438 g/mol. The molecule has 0 spiro atoms. The van der Waals surface area contributed by atoms with E-state index in [1.165, 1.54) is 0 Å². The highest BCUT2D eigenvalue weighted by atomic mass is 16.6. The van der Waals surface area contributed by atoms with Crippen molar-refractivity contribution in [2.75, 3.05) is 6.54 Å². The number of fused-ring (bicyclic) bond motifs is 1. The molecular weight excluding hydrogens is 412 g/mol. The van der Waals surface area contributed by atoms with E-state index in [9.17, 15) is 4.79 Å². The second-order valence-electron chi connectivity index (χ2n) is 8.46. The molecule has 3 atom stereocenters. The summed E-state index contributed by atoms with van der Waals surface area (Å²) in [6, 6.07) is 28.8. The zero-order valence-electron chi connectivity index (χ0n) is 18.5. The van der Waals surface area contributed by atoms with Crippen molar-refractivity contribution in [3.8, 4) is 0 Å². The molecule has 166 valence electrons.